The van der Waals surface area contributed by atoms with Crippen molar-refractivity contribution in [1.29, 1.82) is 0 Å². The molecule has 4 heteroatoms. The number of aliphatic hydroxyl groups excluding tert-OH is 1. The first-order valence-corrected chi connectivity index (χ1v) is 4.78. The van der Waals surface area contributed by atoms with E-state index in [0.717, 1.165) is 13.0 Å². The zero-order valence-electron chi connectivity index (χ0n) is 8.58. The van der Waals surface area contributed by atoms with E-state index in [1.54, 1.807) is 0 Å². The van der Waals surface area contributed by atoms with Gasteiger partial charge < -0.3 is 19.9 Å². The molecule has 0 aromatic carbocycles. The Balaban J connectivity index is 3.17. The summed E-state index contributed by atoms with van der Waals surface area (Å²) in [7, 11) is 1.87. The highest BCUT2D eigenvalue weighted by Gasteiger charge is 2.03. The van der Waals surface area contributed by atoms with E-state index < -0.39 is 0 Å². The number of ether oxygens (including phenoxy) is 2. The first-order valence-electron chi connectivity index (χ1n) is 4.78. The molecule has 1 atom stereocenters. The van der Waals surface area contributed by atoms with Gasteiger partial charge in [-0.3, -0.25) is 0 Å². The number of rotatable bonds is 9. The van der Waals surface area contributed by atoms with Gasteiger partial charge in [0.2, 0.25) is 0 Å². The molecule has 4 nitrogen and oxygen atoms in total. The van der Waals surface area contributed by atoms with Crippen LogP contribution in [0.2, 0.25) is 0 Å². The van der Waals surface area contributed by atoms with Gasteiger partial charge in [-0.15, -0.1) is 0 Å². The molecular weight excluding hydrogens is 170 g/mol. The second-order valence-electron chi connectivity index (χ2n) is 2.77. The van der Waals surface area contributed by atoms with Crippen molar-refractivity contribution in [3.63, 3.8) is 0 Å². The van der Waals surface area contributed by atoms with Crippen LogP contribution in [-0.4, -0.2) is 51.2 Å². The zero-order valence-corrected chi connectivity index (χ0v) is 8.58. The molecule has 0 aliphatic carbocycles. The summed E-state index contributed by atoms with van der Waals surface area (Å²) >= 11 is 0. The second kappa shape index (κ2) is 9.92. The molecule has 0 saturated carbocycles. The van der Waals surface area contributed by atoms with E-state index in [1.165, 1.54) is 0 Å². The molecular formula is C9H21NO3. The Labute approximate surface area is 80.2 Å². The van der Waals surface area contributed by atoms with Crippen molar-refractivity contribution in [1.82, 2.24) is 5.32 Å². The van der Waals surface area contributed by atoms with Crippen LogP contribution in [0.1, 0.15) is 13.3 Å². The van der Waals surface area contributed by atoms with Crippen molar-refractivity contribution < 1.29 is 14.6 Å². The summed E-state index contributed by atoms with van der Waals surface area (Å²) in [4.78, 5) is 0. The van der Waals surface area contributed by atoms with Gasteiger partial charge in [0.1, 0.15) is 0 Å². The van der Waals surface area contributed by atoms with Crippen LogP contribution in [0.15, 0.2) is 0 Å². The SMILES string of the molecule is CCOCCOCC(CCO)NC. The van der Waals surface area contributed by atoms with Gasteiger partial charge in [0.25, 0.3) is 0 Å². The molecule has 0 aromatic rings. The van der Waals surface area contributed by atoms with Crippen LogP contribution >= 0.6 is 0 Å². The summed E-state index contributed by atoms with van der Waals surface area (Å²) in [5.74, 6) is 0. The van der Waals surface area contributed by atoms with Crippen molar-refractivity contribution in [3.8, 4) is 0 Å². The first-order chi connectivity index (χ1) is 6.35. The van der Waals surface area contributed by atoms with Crippen molar-refractivity contribution in [2.24, 2.45) is 0 Å². The van der Waals surface area contributed by atoms with Gasteiger partial charge in [-0.1, -0.05) is 0 Å². The lowest BCUT2D eigenvalue weighted by Gasteiger charge is -2.14. The van der Waals surface area contributed by atoms with E-state index in [0.29, 0.717) is 19.8 Å². The fourth-order valence-corrected chi connectivity index (χ4v) is 0.955. The summed E-state index contributed by atoms with van der Waals surface area (Å²) in [6, 6.07) is 0.242. The van der Waals surface area contributed by atoms with Crippen LogP contribution in [0.3, 0.4) is 0 Å². The standard InChI is InChI=1S/C9H21NO3/c1-3-12-6-7-13-8-9(10-2)4-5-11/h9-11H,3-8H2,1-2H3. The Kier molecular flexibility index (Phi) is 9.80. The molecule has 0 aromatic heterocycles. The molecule has 0 rings (SSSR count). The third-order valence-corrected chi connectivity index (χ3v) is 1.78. The van der Waals surface area contributed by atoms with Crippen molar-refractivity contribution in [3.05, 3.63) is 0 Å². The molecule has 0 heterocycles. The summed E-state index contributed by atoms with van der Waals surface area (Å²) in [6.45, 7) is 4.78. The fourth-order valence-electron chi connectivity index (χ4n) is 0.955. The maximum absolute atomic E-state index is 8.69. The van der Waals surface area contributed by atoms with Gasteiger partial charge >= 0.3 is 0 Å². The Morgan fingerprint density at radius 2 is 2.00 bits per heavy atom. The fraction of sp³-hybridized carbons (Fsp3) is 1.00. The minimum Gasteiger partial charge on any atom is -0.396 e. The molecule has 0 aliphatic heterocycles. The molecule has 0 saturated heterocycles. The summed E-state index contributed by atoms with van der Waals surface area (Å²) in [5, 5.41) is 11.8. The van der Waals surface area contributed by atoms with Gasteiger partial charge in [-0.25, -0.2) is 0 Å². The molecule has 0 fully saturated rings. The Morgan fingerprint density at radius 1 is 1.31 bits per heavy atom. The lowest BCUT2D eigenvalue weighted by molar-refractivity contribution is 0.0414. The summed E-state index contributed by atoms with van der Waals surface area (Å²) in [5.41, 5.74) is 0. The van der Waals surface area contributed by atoms with E-state index in [9.17, 15) is 0 Å². The highest BCUT2D eigenvalue weighted by Crippen LogP contribution is 1.91. The molecule has 0 amide bonds. The van der Waals surface area contributed by atoms with Crippen LogP contribution in [0, 0.1) is 0 Å². The Morgan fingerprint density at radius 3 is 2.54 bits per heavy atom. The predicted molar refractivity (Wildman–Crippen MR) is 51.9 cm³/mol. The number of aliphatic hydroxyl groups is 1. The highest BCUT2D eigenvalue weighted by atomic mass is 16.5. The quantitative estimate of drug-likeness (QED) is 0.504. The monoisotopic (exact) mass is 191 g/mol. The molecule has 0 radical (unpaired) electrons. The van der Waals surface area contributed by atoms with E-state index in [-0.39, 0.29) is 12.6 Å². The maximum Gasteiger partial charge on any atom is 0.0701 e. The van der Waals surface area contributed by atoms with Crippen LogP contribution < -0.4 is 5.32 Å². The van der Waals surface area contributed by atoms with E-state index in [1.807, 2.05) is 14.0 Å². The summed E-state index contributed by atoms with van der Waals surface area (Å²) in [6.07, 6.45) is 0.727. The Hall–Kier alpha value is -0.160. The van der Waals surface area contributed by atoms with Gasteiger partial charge in [0.05, 0.1) is 19.8 Å². The molecule has 1 unspecified atom stereocenters. The third-order valence-electron chi connectivity index (χ3n) is 1.78. The molecule has 2 N–H and O–H groups in total. The van der Waals surface area contributed by atoms with Crippen LogP contribution in [0.25, 0.3) is 0 Å². The average molecular weight is 191 g/mol. The maximum atomic E-state index is 8.69. The Bertz CT molecular complexity index is 101. The van der Waals surface area contributed by atoms with Crippen LogP contribution in [0.5, 0.6) is 0 Å². The molecule has 80 valence electrons. The minimum absolute atomic E-state index is 0.195. The normalized spacial score (nSPS) is 13.2. The smallest absolute Gasteiger partial charge is 0.0701 e. The zero-order chi connectivity index (χ0) is 9.94. The number of nitrogens with one attached hydrogen (secondary N) is 1. The largest absolute Gasteiger partial charge is 0.396 e. The van der Waals surface area contributed by atoms with E-state index >= 15 is 0 Å². The number of hydrogen-bond donors (Lipinski definition) is 2. The lowest BCUT2D eigenvalue weighted by Crippen LogP contribution is -2.31. The van der Waals surface area contributed by atoms with E-state index in [4.69, 9.17) is 14.6 Å². The molecule has 13 heavy (non-hydrogen) atoms. The first kappa shape index (κ1) is 12.8. The molecule has 0 spiro atoms. The van der Waals surface area contributed by atoms with Gasteiger partial charge in [0, 0.05) is 19.3 Å². The van der Waals surface area contributed by atoms with Crippen LogP contribution in [0.4, 0.5) is 0 Å². The van der Waals surface area contributed by atoms with Gasteiger partial charge in [-0.05, 0) is 20.4 Å². The highest BCUT2D eigenvalue weighted by molar-refractivity contribution is 4.61. The average Bonchev–Trinajstić information content (AvgIpc) is 2.16. The van der Waals surface area contributed by atoms with Crippen molar-refractivity contribution >= 4 is 0 Å². The minimum atomic E-state index is 0.195. The molecule has 0 bridgehead atoms. The molecule has 0 aliphatic rings. The lowest BCUT2D eigenvalue weighted by atomic mass is 10.2. The third kappa shape index (κ3) is 8.18. The summed E-state index contributed by atoms with van der Waals surface area (Å²) < 4.78 is 10.5. The predicted octanol–water partition coefficient (Wildman–Crippen LogP) is 0.00990. The number of likely N-dealkylation sites (N-methyl/N-ethyl adjacent to an activating group) is 1. The van der Waals surface area contributed by atoms with Gasteiger partial charge in [-0.2, -0.15) is 0 Å². The van der Waals surface area contributed by atoms with Crippen molar-refractivity contribution in [2.75, 3.05) is 40.1 Å². The van der Waals surface area contributed by atoms with Crippen LogP contribution in [-0.2, 0) is 9.47 Å². The second-order valence-corrected chi connectivity index (χ2v) is 2.77. The van der Waals surface area contributed by atoms with Gasteiger partial charge in [0.15, 0.2) is 0 Å². The number of hydrogen-bond acceptors (Lipinski definition) is 4. The van der Waals surface area contributed by atoms with E-state index in [2.05, 4.69) is 5.32 Å². The topological polar surface area (TPSA) is 50.7 Å². The van der Waals surface area contributed by atoms with Crippen molar-refractivity contribution in [2.45, 2.75) is 19.4 Å².